The monoisotopic (exact) mass is 785 g/mol. The molecule has 292 valence electrons. The molecule has 54 heavy (non-hydrogen) atoms. The predicted molar refractivity (Wildman–Crippen MR) is 201 cm³/mol. The van der Waals surface area contributed by atoms with Crippen molar-refractivity contribution in [2.75, 3.05) is 50.7 Å². The fourth-order valence-electron chi connectivity index (χ4n) is 6.24. The summed E-state index contributed by atoms with van der Waals surface area (Å²) in [4.78, 5) is 33.8. The van der Waals surface area contributed by atoms with E-state index in [-0.39, 0.29) is 47.4 Å². The van der Waals surface area contributed by atoms with E-state index in [4.69, 9.17) is 23.2 Å². The Kier molecular flexibility index (Phi) is 13.1. The Morgan fingerprint density at radius 3 is 2.39 bits per heavy atom. The topological polar surface area (TPSA) is 180 Å². The number of carbonyl (C=O) groups excluding carboxylic acids is 1. The van der Waals surface area contributed by atoms with E-state index in [0.29, 0.717) is 77.8 Å². The first kappa shape index (κ1) is 40.8. The van der Waals surface area contributed by atoms with Gasteiger partial charge in [-0.2, -0.15) is 8.42 Å². The summed E-state index contributed by atoms with van der Waals surface area (Å²) in [6, 6.07) is 11.4. The lowest BCUT2D eigenvalue weighted by Gasteiger charge is -2.27. The number of sulfonamides is 1. The number of morpholine rings is 1. The fourth-order valence-corrected chi connectivity index (χ4v) is 8.17. The zero-order valence-electron chi connectivity index (χ0n) is 31.5. The molecule has 1 saturated heterocycles. The molecule has 0 aliphatic carbocycles. The number of aromatic nitrogens is 3. The summed E-state index contributed by atoms with van der Waals surface area (Å²) >= 11 is 0. The number of methoxy groups -OCH3 is 1. The van der Waals surface area contributed by atoms with Crippen LogP contribution in [0.4, 0.5) is 5.82 Å². The van der Waals surface area contributed by atoms with Crippen molar-refractivity contribution in [3.8, 4) is 11.1 Å². The fraction of sp³-hybridized carbons (Fsp3) is 0.459. The quantitative estimate of drug-likeness (QED) is 0.118. The molecule has 0 spiro atoms. The number of carbonyl (C=O) groups is 1. The number of hydrogen-bond acceptors (Lipinski definition) is 12. The van der Waals surface area contributed by atoms with Gasteiger partial charge < -0.3 is 18.9 Å². The molecule has 2 aromatic carbocycles. The van der Waals surface area contributed by atoms with Crippen LogP contribution in [0.5, 0.6) is 0 Å². The third kappa shape index (κ3) is 9.26. The summed E-state index contributed by atoms with van der Waals surface area (Å²) in [5.74, 6) is 0.904. The van der Waals surface area contributed by atoms with Gasteiger partial charge in [0.15, 0.2) is 5.82 Å². The highest BCUT2D eigenvalue weighted by atomic mass is 32.2. The molecule has 15 nitrogen and oxygen atoms in total. The third-order valence-electron chi connectivity index (χ3n) is 9.29. The maximum absolute atomic E-state index is 14.4. The molecule has 0 atom stereocenters. The van der Waals surface area contributed by atoms with Crippen LogP contribution in [0.25, 0.3) is 11.1 Å². The van der Waals surface area contributed by atoms with Crippen molar-refractivity contribution >= 4 is 31.9 Å². The summed E-state index contributed by atoms with van der Waals surface area (Å²) < 4.78 is 76.9. The van der Waals surface area contributed by atoms with Gasteiger partial charge in [0.1, 0.15) is 18.3 Å². The first-order chi connectivity index (χ1) is 25.7. The van der Waals surface area contributed by atoms with Gasteiger partial charge in [0.2, 0.25) is 5.91 Å². The van der Waals surface area contributed by atoms with Gasteiger partial charge >= 0.3 is 0 Å². The SMILES string of the molecule is CCCCc1nc(C)c(CC(=O)N2CCOCC2)c(=O)n1Cc1ccc(-c2ccccc2S(=O)(=O)N(COC)c2noc(C)c2C)c(COS(C)(=O)=O)c1. The van der Waals surface area contributed by atoms with E-state index in [1.807, 2.05) is 6.92 Å². The Morgan fingerprint density at radius 1 is 1.02 bits per heavy atom. The molecule has 0 unspecified atom stereocenters. The van der Waals surface area contributed by atoms with E-state index in [2.05, 4.69) is 5.16 Å². The minimum absolute atomic E-state index is 0.0579. The molecule has 5 rings (SSSR count). The lowest BCUT2D eigenvalue weighted by atomic mass is 9.97. The average Bonchev–Trinajstić information content (AvgIpc) is 3.48. The van der Waals surface area contributed by atoms with Crippen LogP contribution >= 0.6 is 0 Å². The molecular weight excluding hydrogens is 739 g/mol. The third-order valence-corrected chi connectivity index (χ3v) is 11.6. The van der Waals surface area contributed by atoms with Gasteiger partial charge in [-0.1, -0.05) is 54.9 Å². The number of aryl methyl sites for hydroxylation is 3. The van der Waals surface area contributed by atoms with Gasteiger partial charge in [-0.25, -0.2) is 17.7 Å². The van der Waals surface area contributed by atoms with E-state index in [9.17, 15) is 26.4 Å². The highest BCUT2D eigenvalue weighted by Crippen LogP contribution is 2.35. The van der Waals surface area contributed by atoms with Crippen LogP contribution in [-0.2, 0) is 64.6 Å². The molecule has 0 N–H and O–H groups in total. The van der Waals surface area contributed by atoms with Crippen molar-refractivity contribution in [1.29, 1.82) is 0 Å². The largest absolute Gasteiger partial charge is 0.378 e. The van der Waals surface area contributed by atoms with Crippen LogP contribution in [-0.4, -0.2) is 88.8 Å². The molecule has 4 aromatic rings. The van der Waals surface area contributed by atoms with E-state index >= 15 is 0 Å². The van der Waals surface area contributed by atoms with E-state index < -0.39 is 26.7 Å². The maximum Gasteiger partial charge on any atom is 0.268 e. The smallest absolute Gasteiger partial charge is 0.268 e. The molecule has 0 bridgehead atoms. The minimum atomic E-state index is -4.34. The van der Waals surface area contributed by atoms with E-state index in [1.54, 1.807) is 66.6 Å². The summed E-state index contributed by atoms with van der Waals surface area (Å²) in [5, 5.41) is 3.98. The number of amides is 1. The molecular formula is C37H47N5O10S2. The van der Waals surface area contributed by atoms with Crippen LogP contribution in [0, 0.1) is 20.8 Å². The molecule has 1 fully saturated rings. The summed E-state index contributed by atoms with van der Waals surface area (Å²) in [7, 11) is -6.89. The Balaban J connectivity index is 1.60. The van der Waals surface area contributed by atoms with Crippen molar-refractivity contribution in [2.45, 2.75) is 71.4 Å². The van der Waals surface area contributed by atoms with Crippen LogP contribution in [0.3, 0.4) is 0 Å². The second kappa shape index (κ2) is 17.4. The highest BCUT2D eigenvalue weighted by Gasteiger charge is 2.32. The number of ether oxygens (including phenoxy) is 2. The van der Waals surface area contributed by atoms with Crippen LogP contribution in [0.2, 0.25) is 0 Å². The minimum Gasteiger partial charge on any atom is -0.378 e. The number of nitrogens with zero attached hydrogens (tertiary/aromatic N) is 5. The number of unbranched alkanes of at least 4 members (excludes halogenated alkanes) is 1. The second-order valence-corrected chi connectivity index (χ2v) is 16.6. The van der Waals surface area contributed by atoms with Crippen molar-refractivity contribution in [3.05, 3.63) is 92.4 Å². The average molecular weight is 786 g/mol. The highest BCUT2D eigenvalue weighted by molar-refractivity contribution is 7.93. The molecule has 3 heterocycles. The molecule has 1 aliphatic rings. The van der Waals surface area contributed by atoms with Crippen molar-refractivity contribution in [3.63, 3.8) is 0 Å². The summed E-state index contributed by atoms with van der Waals surface area (Å²) in [6.45, 7) is 8.21. The van der Waals surface area contributed by atoms with Crippen LogP contribution in [0.15, 0.2) is 56.7 Å². The van der Waals surface area contributed by atoms with Crippen molar-refractivity contribution < 1.29 is 39.8 Å². The molecule has 0 saturated carbocycles. The number of rotatable bonds is 16. The van der Waals surface area contributed by atoms with Gasteiger partial charge in [0, 0.05) is 49.0 Å². The first-order valence-corrected chi connectivity index (χ1v) is 20.9. The molecule has 0 radical (unpaired) electrons. The Labute approximate surface area is 316 Å². The lowest BCUT2D eigenvalue weighted by molar-refractivity contribution is -0.134. The number of anilines is 1. The second-order valence-electron chi connectivity index (χ2n) is 13.2. The summed E-state index contributed by atoms with van der Waals surface area (Å²) in [6.07, 6.45) is 3.00. The zero-order chi connectivity index (χ0) is 39.2. The van der Waals surface area contributed by atoms with Crippen LogP contribution in [0.1, 0.15) is 59.3 Å². The normalized spacial score (nSPS) is 13.7. The van der Waals surface area contributed by atoms with Gasteiger partial charge in [0.25, 0.3) is 25.7 Å². The van der Waals surface area contributed by atoms with Crippen molar-refractivity contribution in [1.82, 2.24) is 19.6 Å². The van der Waals surface area contributed by atoms with E-state index in [1.165, 1.54) is 13.2 Å². The number of hydrogen-bond donors (Lipinski definition) is 0. The summed E-state index contributed by atoms with van der Waals surface area (Å²) in [5.41, 5.74) is 2.63. The standard InChI is InChI=1S/C37H47N5O10S2/c1-7-8-13-34-38-26(3)32(21-35(43)40-16-18-50-19-17-40)37(44)41(34)22-28-14-15-30(29(20-28)23-51-53(6,45)46)31-11-9-10-12-33(31)54(47,48)42(24-49-5)36-25(2)27(4)52-39-36/h9-12,14-15,20H,7-8,13,16-19,21-24H2,1-6H3. The van der Waals surface area contributed by atoms with Gasteiger partial charge in [-0.3, -0.25) is 18.3 Å². The van der Waals surface area contributed by atoms with Crippen molar-refractivity contribution in [2.24, 2.45) is 0 Å². The predicted octanol–water partition coefficient (Wildman–Crippen LogP) is 3.89. The van der Waals surface area contributed by atoms with Crippen LogP contribution < -0.4 is 9.86 Å². The Morgan fingerprint density at radius 2 is 1.74 bits per heavy atom. The Hall–Kier alpha value is -4.42. The molecule has 17 heteroatoms. The number of benzene rings is 2. The maximum atomic E-state index is 14.4. The molecule has 1 aliphatic heterocycles. The molecule has 2 aromatic heterocycles. The van der Waals surface area contributed by atoms with Gasteiger partial charge in [-0.05, 0) is 49.9 Å². The molecule has 1 amide bonds. The first-order valence-electron chi connectivity index (χ1n) is 17.6. The lowest BCUT2D eigenvalue weighted by Crippen LogP contribution is -2.42. The van der Waals surface area contributed by atoms with E-state index in [0.717, 1.165) is 23.4 Å². The van der Waals surface area contributed by atoms with Gasteiger partial charge in [-0.15, -0.1) is 0 Å². The Bertz CT molecular complexity index is 2260. The van der Waals surface area contributed by atoms with Gasteiger partial charge in [0.05, 0.1) is 43.9 Å². The zero-order valence-corrected chi connectivity index (χ0v) is 33.1.